The fraction of sp³-hybridized carbons (Fsp3) is 0.500. The van der Waals surface area contributed by atoms with Gasteiger partial charge in [0.15, 0.2) is 11.5 Å². The lowest BCUT2D eigenvalue weighted by Crippen LogP contribution is -2.50. The summed E-state index contributed by atoms with van der Waals surface area (Å²) in [5.41, 5.74) is 5.74. The minimum Gasteiger partial charge on any atom is -0.336 e. The zero-order valence-corrected chi connectivity index (χ0v) is 20.5. The van der Waals surface area contributed by atoms with Crippen LogP contribution in [0.25, 0.3) is 11.4 Å². The van der Waals surface area contributed by atoms with E-state index in [-0.39, 0.29) is 92.0 Å². The number of nitrogens with zero attached hydrogens (tertiary/aromatic N) is 4. The van der Waals surface area contributed by atoms with Crippen LogP contribution in [0.3, 0.4) is 0 Å². The molecule has 0 aliphatic carbocycles. The number of rotatable bonds is 5. The van der Waals surface area contributed by atoms with Crippen LogP contribution >= 0.6 is 23.7 Å². The SMILES string of the molecule is CC1CCC(=O)N(CC(N)CC(=O)N2CCc3c(nc(-c4ccsc4)nc3C(F)(F)F)C2)C1=O.Cl. The molecule has 2 atom stereocenters. The van der Waals surface area contributed by atoms with Crippen LogP contribution in [0.5, 0.6) is 0 Å². The van der Waals surface area contributed by atoms with Gasteiger partial charge in [-0.15, -0.1) is 12.4 Å². The average molecular weight is 532 g/mol. The number of nitrogens with two attached hydrogens (primary N) is 1. The summed E-state index contributed by atoms with van der Waals surface area (Å²) < 4.78 is 41.1. The molecule has 2 unspecified atom stereocenters. The second-order valence-electron chi connectivity index (χ2n) is 8.64. The van der Waals surface area contributed by atoms with Crippen molar-refractivity contribution in [2.45, 2.75) is 51.4 Å². The summed E-state index contributed by atoms with van der Waals surface area (Å²) in [4.78, 5) is 47.9. The second kappa shape index (κ2) is 10.6. The van der Waals surface area contributed by atoms with Gasteiger partial charge in [0, 0.05) is 54.4 Å². The molecule has 2 aromatic rings. The number of fused-ring (bicyclic) bond motifs is 1. The summed E-state index contributed by atoms with van der Waals surface area (Å²) in [7, 11) is 0. The number of carbonyl (C=O) groups excluding carboxylic acids is 3. The molecule has 0 radical (unpaired) electrons. The van der Waals surface area contributed by atoms with Crippen molar-refractivity contribution in [3.63, 3.8) is 0 Å². The molecule has 2 aromatic heterocycles. The first-order valence-corrected chi connectivity index (χ1v) is 11.9. The molecule has 4 heterocycles. The number of amides is 3. The van der Waals surface area contributed by atoms with E-state index in [1.807, 2.05) is 0 Å². The summed E-state index contributed by atoms with van der Waals surface area (Å²) in [6.45, 7) is 1.65. The van der Waals surface area contributed by atoms with E-state index in [0.717, 1.165) is 4.90 Å². The van der Waals surface area contributed by atoms with Gasteiger partial charge in [-0.1, -0.05) is 6.92 Å². The Morgan fingerprint density at radius 2 is 2.03 bits per heavy atom. The summed E-state index contributed by atoms with van der Waals surface area (Å²) in [5.74, 6) is -1.29. The molecule has 0 bridgehead atoms. The minimum atomic E-state index is -4.64. The van der Waals surface area contributed by atoms with Crippen molar-refractivity contribution < 1.29 is 27.6 Å². The van der Waals surface area contributed by atoms with Crippen LogP contribution in [0.1, 0.15) is 43.1 Å². The van der Waals surface area contributed by atoms with Gasteiger partial charge in [-0.3, -0.25) is 19.3 Å². The normalized spacial score (nSPS) is 19.3. The first-order valence-electron chi connectivity index (χ1n) is 10.9. The van der Waals surface area contributed by atoms with Crippen LogP contribution in [0.15, 0.2) is 16.8 Å². The average Bonchev–Trinajstić information content (AvgIpc) is 3.32. The molecular weight excluding hydrogens is 507 g/mol. The maximum atomic E-state index is 13.7. The van der Waals surface area contributed by atoms with Gasteiger partial charge in [-0.2, -0.15) is 24.5 Å². The number of hydrogen-bond acceptors (Lipinski definition) is 7. The maximum Gasteiger partial charge on any atom is 0.433 e. The highest BCUT2D eigenvalue weighted by Crippen LogP contribution is 2.35. The molecule has 0 aromatic carbocycles. The second-order valence-corrected chi connectivity index (χ2v) is 9.42. The van der Waals surface area contributed by atoms with Crippen molar-refractivity contribution in [2.24, 2.45) is 11.7 Å². The number of halogens is 4. The number of likely N-dealkylation sites (tertiary alicyclic amines) is 1. The topological polar surface area (TPSA) is 109 Å². The third-order valence-electron chi connectivity index (χ3n) is 6.10. The molecule has 1 fully saturated rings. The lowest BCUT2D eigenvalue weighted by Gasteiger charge is -2.32. The largest absolute Gasteiger partial charge is 0.433 e. The molecule has 2 aliphatic heterocycles. The lowest BCUT2D eigenvalue weighted by molar-refractivity contribution is -0.152. The Morgan fingerprint density at radius 3 is 2.69 bits per heavy atom. The van der Waals surface area contributed by atoms with Crippen molar-refractivity contribution in [1.82, 2.24) is 19.8 Å². The van der Waals surface area contributed by atoms with Gasteiger partial charge in [0.25, 0.3) is 0 Å². The highest BCUT2D eigenvalue weighted by atomic mass is 35.5. The maximum absolute atomic E-state index is 13.7. The van der Waals surface area contributed by atoms with E-state index in [2.05, 4.69) is 9.97 Å². The van der Waals surface area contributed by atoms with Crippen molar-refractivity contribution in [3.8, 4) is 11.4 Å². The van der Waals surface area contributed by atoms with Crippen LogP contribution in [0.4, 0.5) is 13.2 Å². The molecule has 0 spiro atoms. The van der Waals surface area contributed by atoms with E-state index in [1.54, 1.807) is 23.8 Å². The molecule has 2 N–H and O–H groups in total. The monoisotopic (exact) mass is 531 g/mol. The van der Waals surface area contributed by atoms with Crippen LogP contribution in [-0.2, 0) is 33.5 Å². The van der Waals surface area contributed by atoms with Crippen molar-refractivity contribution in [1.29, 1.82) is 0 Å². The van der Waals surface area contributed by atoms with Crippen LogP contribution in [0.2, 0.25) is 0 Å². The van der Waals surface area contributed by atoms with Gasteiger partial charge in [-0.05, 0) is 24.3 Å². The molecule has 0 saturated carbocycles. The standard InChI is InChI=1S/C22H24F3N5O3S.ClH/c1-12-2-3-17(31)30(21(12)33)9-14(26)8-18(32)29-6-4-15-16(10-29)27-20(13-5-7-34-11-13)28-19(15)22(23,24)25;/h5,7,11-12,14H,2-4,6,8-10,26H2,1H3;1H. The Morgan fingerprint density at radius 1 is 1.29 bits per heavy atom. The number of hydrogen-bond donors (Lipinski definition) is 1. The molecule has 2 aliphatic rings. The molecule has 8 nitrogen and oxygen atoms in total. The molecule has 3 amide bonds. The van der Waals surface area contributed by atoms with Crippen molar-refractivity contribution in [2.75, 3.05) is 13.1 Å². The summed E-state index contributed by atoms with van der Waals surface area (Å²) >= 11 is 1.32. The lowest BCUT2D eigenvalue weighted by atomic mass is 9.97. The van der Waals surface area contributed by atoms with Gasteiger partial charge in [0.2, 0.25) is 17.7 Å². The quantitative estimate of drug-likeness (QED) is 0.594. The highest BCUT2D eigenvalue weighted by molar-refractivity contribution is 7.08. The Hall–Kier alpha value is -2.57. The van der Waals surface area contributed by atoms with Gasteiger partial charge >= 0.3 is 6.18 Å². The van der Waals surface area contributed by atoms with Gasteiger partial charge < -0.3 is 10.6 Å². The molecule has 1 saturated heterocycles. The summed E-state index contributed by atoms with van der Waals surface area (Å²) in [5, 5.41) is 3.39. The Labute approximate surface area is 210 Å². The molecule has 35 heavy (non-hydrogen) atoms. The Kier molecular flexibility index (Phi) is 8.17. The predicted molar refractivity (Wildman–Crippen MR) is 124 cm³/mol. The van der Waals surface area contributed by atoms with E-state index >= 15 is 0 Å². The Balaban J connectivity index is 0.00000342. The van der Waals surface area contributed by atoms with E-state index in [0.29, 0.717) is 12.0 Å². The molecule has 190 valence electrons. The van der Waals surface area contributed by atoms with E-state index in [9.17, 15) is 27.6 Å². The van der Waals surface area contributed by atoms with Gasteiger partial charge in [-0.25, -0.2) is 9.97 Å². The molecule has 13 heteroatoms. The molecular formula is C22H25ClF3N5O3S. The number of carbonyl (C=O) groups is 3. The molecule has 4 rings (SSSR count). The van der Waals surface area contributed by atoms with Crippen molar-refractivity contribution in [3.05, 3.63) is 33.8 Å². The van der Waals surface area contributed by atoms with E-state index in [1.165, 1.54) is 16.2 Å². The zero-order valence-electron chi connectivity index (χ0n) is 18.9. The van der Waals surface area contributed by atoms with Crippen molar-refractivity contribution >= 4 is 41.5 Å². The predicted octanol–water partition coefficient (Wildman–Crippen LogP) is 3.03. The number of piperidine rings is 1. The third kappa shape index (κ3) is 5.81. The van der Waals surface area contributed by atoms with Crippen LogP contribution < -0.4 is 5.73 Å². The highest BCUT2D eigenvalue weighted by Gasteiger charge is 2.39. The zero-order chi connectivity index (χ0) is 24.6. The summed E-state index contributed by atoms with van der Waals surface area (Å²) in [6, 6.07) is 0.867. The fourth-order valence-electron chi connectivity index (χ4n) is 4.23. The fourth-order valence-corrected chi connectivity index (χ4v) is 4.86. The van der Waals surface area contributed by atoms with Gasteiger partial charge in [0.05, 0.1) is 12.2 Å². The number of alkyl halides is 3. The third-order valence-corrected chi connectivity index (χ3v) is 6.78. The van der Waals surface area contributed by atoms with E-state index in [4.69, 9.17) is 5.73 Å². The van der Waals surface area contributed by atoms with Crippen LogP contribution in [-0.4, -0.2) is 56.6 Å². The first kappa shape index (κ1) is 27.0. The summed E-state index contributed by atoms with van der Waals surface area (Å²) in [6.07, 6.45) is -4.07. The van der Waals surface area contributed by atoms with Crippen LogP contribution in [0, 0.1) is 5.92 Å². The van der Waals surface area contributed by atoms with E-state index < -0.39 is 17.9 Å². The number of aromatic nitrogens is 2. The first-order chi connectivity index (χ1) is 16.0. The Bertz CT molecular complexity index is 1110. The minimum absolute atomic E-state index is 0. The van der Waals surface area contributed by atoms with Gasteiger partial charge in [0.1, 0.15) is 0 Å². The number of imide groups is 1. The smallest absolute Gasteiger partial charge is 0.336 e. The number of thiophene rings is 1.